The molecule has 0 heterocycles. The Hall–Kier alpha value is -2.07. The van der Waals surface area contributed by atoms with Crippen molar-refractivity contribution in [3.8, 4) is 5.75 Å². The molecule has 2 rings (SSSR count). The normalized spacial score (nSPS) is 10.3. The summed E-state index contributed by atoms with van der Waals surface area (Å²) in [5.74, 6) is -0.153. The molecule has 2 aromatic carbocycles. The van der Waals surface area contributed by atoms with E-state index in [0.29, 0.717) is 34.2 Å². The van der Waals surface area contributed by atoms with Gasteiger partial charge in [-0.05, 0) is 55.8 Å². The van der Waals surface area contributed by atoms with E-state index in [1.807, 2.05) is 6.92 Å². The molecule has 21 heavy (non-hydrogen) atoms. The standard InChI is InChI=1S/C16H15ClFNO2/c1-3-21-15-7-5-12(17)9-14(15)19-16(20)11-4-6-13(18)10(2)8-11/h4-9H,3H2,1-2H3,(H,19,20). The van der Waals surface area contributed by atoms with Gasteiger partial charge in [0, 0.05) is 10.6 Å². The number of aryl methyl sites for hydroxylation is 1. The SMILES string of the molecule is CCOc1ccc(Cl)cc1NC(=O)c1ccc(F)c(C)c1. The fourth-order valence-electron chi connectivity index (χ4n) is 1.86. The molecule has 0 aliphatic heterocycles. The average molecular weight is 308 g/mol. The van der Waals surface area contributed by atoms with Gasteiger partial charge in [0.25, 0.3) is 5.91 Å². The molecule has 3 nitrogen and oxygen atoms in total. The van der Waals surface area contributed by atoms with E-state index in [0.717, 1.165) is 0 Å². The monoisotopic (exact) mass is 307 g/mol. The van der Waals surface area contributed by atoms with Gasteiger partial charge in [-0.1, -0.05) is 11.6 Å². The van der Waals surface area contributed by atoms with Crippen molar-refractivity contribution >= 4 is 23.2 Å². The van der Waals surface area contributed by atoms with Crippen LogP contribution in [0.1, 0.15) is 22.8 Å². The highest BCUT2D eigenvalue weighted by molar-refractivity contribution is 6.31. The van der Waals surface area contributed by atoms with Gasteiger partial charge in [-0.25, -0.2) is 4.39 Å². The van der Waals surface area contributed by atoms with Crippen molar-refractivity contribution in [2.75, 3.05) is 11.9 Å². The summed E-state index contributed by atoms with van der Waals surface area (Å²) < 4.78 is 18.7. The minimum atomic E-state index is -0.346. The number of ether oxygens (including phenoxy) is 1. The fraction of sp³-hybridized carbons (Fsp3) is 0.188. The average Bonchev–Trinajstić information content (AvgIpc) is 2.45. The lowest BCUT2D eigenvalue weighted by Gasteiger charge is -2.12. The molecule has 0 atom stereocenters. The number of amides is 1. The van der Waals surface area contributed by atoms with E-state index >= 15 is 0 Å². The number of benzene rings is 2. The number of anilines is 1. The maximum atomic E-state index is 13.2. The zero-order valence-electron chi connectivity index (χ0n) is 11.7. The number of hydrogen-bond acceptors (Lipinski definition) is 2. The summed E-state index contributed by atoms with van der Waals surface area (Å²) in [4.78, 5) is 12.2. The first-order chi connectivity index (χ1) is 10.0. The van der Waals surface area contributed by atoms with E-state index in [1.165, 1.54) is 18.2 Å². The van der Waals surface area contributed by atoms with Gasteiger partial charge in [0.1, 0.15) is 11.6 Å². The Kier molecular flexibility index (Phi) is 4.81. The van der Waals surface area contributed by atoms with E-state index in [4.69, 9.17) is 16.3 Å². The van der Waals surface area contributed by atoms with Gasteiger partial charge in [0.15, 0.2) is 0 Å². The predicted molar refractivity (Wildman–Crippen MR) is 81.7 cm³/mol. The first-order valence-electron chi connectivity index (χ1n) is 6.51. The molecule has 0 aliphatic carbocycles. The van der Waals surface area contributed by atoms with Gasteiger partial charge in [-0.15, -0.1) is 0 Å². The maximum absolute atomic E-state index is 13.2. The number of halogens is 2. The molecule has 0 fully saturated rings. The van der Waals surface area contributed by atoms with Crippen LogP contribution in [0.5, 0.6) is 5.75 Å². The van der Waals surface area contributed by atoms with Crippen molar-refractivity contribution in [1.29, 1.82) is 0 Å². The van der Waals surface area contributed by atoms with Crippen LogP contribution in [0.15, 0.2) is 36.4 Å². The minimum absolute atomic E-state index is 0.343. The van der Waals surface area contributed by atoms with Crippen molar-refractivity contribution < 1.29 is 13.9 Å². The molecule has 1 N–H and O–H groups in total. The summed E-state index contributed by atoms with van der Waals surface area (Å²) in [6.07, 6.45) is 0. The lowest BCUT2D eigenvalue weighted by molar-refractivity contribution is 0.102. The Morgan fingerprint density at radius 2 is 2.05 bits per heavy atom. The van der Waals surface area contributed by atoms with Crippen LogP contribution in [0.2, 0.25) is 5.02 Å². The molecule has 0 saturated heterocycles. The van der Waals surface area contributed by atoms with Crippen LogP contribution < -0.4 is 10.1 Å². The van der Waals surface area contributed by atoms with Crippen LogP contribution in [0.25, 0.3) is 0 Å². The van der Waals surface area contributed by atoms with E-state index in [-0.39, 0.29) is 11.7 Å². The summed E-state index contributed by atoms with van der Waals surface area (Å²) in [6, 6.07) is 9.19. The van der Waals surface area contributed by atoms with E-state index in [1.54, 1.807) is 25.1 Å². The first kappa shape index (κ1) is 15.3. The molecule has 5 heteroatoms. The van der Waals surface area contributed by atoms with Gasteiger partial charge < -0.3 is 10.1 Å². The lowest BCUT2D eigenvalue weighted by atomic mass is 10.1. The maximum Gasteiger partial charge on any atom is 0.255 e. The topological polar surface area (TPSA) is 38.3 Å². The molecule has 0 radical (unpaired) electrons. The van der Waals surface area contributed by atoms with Crippen LogP contribution in [-0.4, -0.2) is 12.5 Å². The van der Waals surface area contributed by atoms with Gasteiger partial charge >= 0.3 is 0 Å². The third-order valence-electron chi connectivity index (χ3n) is 2.91. The molecule has 0 saturated carbocycles. The molecule has 0 spiro atoms. The Labute approximate surface area is 127 Å². The molecule has 0 aromatic heterocycles. The van der Waals surface area contributed by atoms with Crippen molar-refractivity contribution in [3.63, 3.8) is 0 Å². The summed E-state index contributed by atoms with van der Waals surface area (Å²) >= 11 is 5.94. The van der Waals surface area contributed by atoms with Gasteiger partial charge in [-0.2, -0.15) is 0 Å². The highest BCUT2D eigenvalue weighted by Crippen LogP contribution is 2.28. The lowest BCUT2D eigenvalue weighted by Crippen LogP contribution is -2.13. The smallest absolute Gasteiger partial charge is 0.255 e. The second-order valence-corrected chi connectivity index (χ2v) is 4.93. The quantitative estimate of drug-likeness (QED) is 0.907. The fourth-order valence-corrected chi connectivity index (χ4v) is 2.03. The third kappa shape index (κ3) is 3.73. The van der Waals surface area contributed by atoms with Crippen LogP contribution in [-0.2, 0) is 0 Å². The Morgan fingerprint density at radius 3 is 2.71 bits per heavy atom. The summed E-state index contributed by atoms with van der Waals surface area (Å²) in [7, 11) is 0. The molecular weight excluding hydrogens is 293 g/mol. The largest absolute Gasteiger partial charge is 0.492 e. The molecule has 0 aliphatic rings. The first-order valence-corrected chi connectivity index (χ1v) is 6.89. The van der Waals surface area contributed by atoms with E-state index in [9.17, 15) is 9.18 Å². The van der Waals surface area contributed by atoms with Crippen molar-refractivity contribution in [2.24, 2.45) is 0 Å². The van der Waals surface area contributed by atoms with Gasteiger partial charge in [0.2, 0.25) is 0 Å². The van der Waals surface area contributed by atoms with E-state index < -0.39 is 0 Å². The van der Waals surface area contributed by atoms with Crippen LogP contribution >= 0.6 is 11.6 Å². The predicted octanol–water partition coefficient (Wildman–Crippen LogP) is 4.44. The number of nitrogens with one attached hydrogen (secondary N) is 1. The highest BCUT2D eigenvalue weighted by atomic mass is 35.5. The zero-order valence-corrected chi connectivity index (χ0v) is 12.5. The molecule has 110 valence electrons. The molecule has 0 unspecified atom stereocenters. The number of carbonyl (C=O) groups excluding carboxylic acids is 1. The molecule has 0 bridgehead atoms. The highest BCUT2D eigenvalue weighted by Gasteiger charge is 2.12. The van der Waals surface area contributed by atoms with Crippen molar-refractivity contribution in [2.45, 2.75) is 13.8 Å². The third-order valence-corrected chi connectivity index (χ3v) is 3.14. The number of carbonyl (C=O) groups is 1. The molecule has 2 aromatic rings. The number of rotatable bonds is 4. The second kappa shape index (κ2) is 6.59. The van der Waals surface area contributed by atoms with Crippen LogP contribution in [0, 0.1) is 12.7 Å². The molecular formula is C16H15ClFNO2. The second-order valence-electron chi connectivity index (χ2n) is 4.49. The van der Waals surface area contributed by atoms with Gasteiger partial charge in [-0.3, -0.25) is 4.79 Å². The van der Waals surface area contributed by atoms with Crippen LogP contribution in [0.4, 0.5) is 10.1 Å². The Morgan fingerprint density at radius 1 is 1.29 bits per heavy atom. The minimum Gasteiger partial charge on any atom is -0.492 e. The summed E-state index contributed by atoms with van der Waals surface area (Å²) in [6.45, 7) is 3.93. The van der Waals surface area contributed by atoms with Gasteiger partial charge in [0.05, 0.1) is 12.3 Å². The van der Waals surface area contributed by atoms with Crippen molar-refractivity contribution in [1.82, 2.24) is 0 Å². The Bertz CT molecular complexity index is 673. The zero-order chi connectivity index (χ0) is 15.4. The van der Waals surface area contributed by atoms with Crippen LogP contribution in [0.3, 0.4) is 0 Å². The van der Waals surface area contributed by atoms with E-state index in [2.05, 4.69) is 5.32 Å². The molecule has 1 amide bonds. The Balaban J connectivity index is 2.26. The number of hydrogen-bond donors (Lipinski definition) is 1. The van der Waals surface area contributed by atoms with Crippen molar-refractivity contribution in [3.05, 3.63) is 58.4 Å². The summed E-state index contributed by atoms with van der Waals surface area (Å²) in [5, 5.41) is 3.22. The summed E-state index contributed by atoms with van der Waals surface area (Å²) in [5.41, 5.74) is 1.27.